The monoisotopic (exact) mass is 380 g/mol. The standard InChI is InChI=1S/C22H24N2O4/c1-15(12-21(27)28-2)24(13-16-6-4-3-5-7-16)14-20(26)17-8-9-19(25)22-18(17)10-11-23-22/h3-11,15,23,25H,12-14H2,1-2H3. The van der Waals surface area contributed by atoms with Crippen molar-refractivity contribution in [2.24, 2.45) is 0 Å². The average molecular weight is 380 g/mol. The summed E-state index contributed by atoms with van der Waals surface area (Å²) in [7, 11) is 1.36. The number of ketones is 1. The molecule has 2 aromatic carbocycles. The highest BCUT2D eigenvalue weighted by molar-refractivity contribution is 6.09. The van der Waals surface area contributed by atoms with Gasteiger partial charge in [0.2, 0.25) is 0 Å². The first-order valence-electron chi connectivity index (χ1n) is 9.16. The van der Waals surface area contributed by atoms with Crippen molar-refractivity contribution in [1.82, 2.24) is 9.88 Å². The van der Waals surface area contributed by atoms with E-state index in [-0.39, 0.29) is 36.5 Å². The zero-order valence-electron chi connectivity index (χ0n) is 16.0. The van der Waals surface area contributed by atoms with E-state index < -0.39 is 0 Å². The SMILES string of the molecule is COC(=O)CC(C)N(CC(=O)c1ccc(O)c2[nH]ccc12)Cc1ccccc1. The summed E-state index contributed by atoms with van der Waals surface area (Å²) in [6.07, 6.45) is 1.90. The third-order valence-corrected chi connectivity index (χ3v) is 4.89. The van der Waals surface area contributed by atoms with Gasteiger partial charge in [-0.25, -0.2) is 0 Å². The largest absolute Gasteiger partial charge is 0.506 e. The number of hydrogen-bond acceptors (Lipinski definition) is 5. The summed E-state index contributed by atoms with van der Waals surface area (Å²) in [5, 5.41) is 10.6. The summed E-state index contributed by atoms with van der Waals surface area (Å²) in [5.41, 5.74) is 2.14. The van der Waals surface area contributed by atoms with Gasteiger partial charge in [-0.05, 0) is 30.7 Å². The fourth-order valence-corrected chi connectivity index (χ4v) is 3.29. The first-order chi connectivity index (χ1) is 13.5. The number of aromatic hydroxyl groups is 1. The molecule has 0 aliphatic heterocycles. The van der Waals surface area contributed by atoms with Crippen molar-refractivity contribution in [3.8, 4) is 5.75 Å². The molecule has 2 N–H and O–H groups in total. The first kappa shape index (κ1) is 19.6. The predicted octanol–water partition coefficient (Wildman–Crippen LogP) is 3.51. The molecule has 3 aromatic rings. The third kappa shape index (κ3) is 4.40. The molecular formula is C22H24N2O4. The van der Waals surface area contributed by atoms with E-state index in [0.29, 0.717) is 23.0 Å². The smallest absolute Gasteiger partial charge is 0.307 e. The number of ether oxygens (including phenoxy) is 1. The molecule has 0 aliphatic rings. The van der Waals surface area contributed by atoms with E-state index in [0.717, 1.165) is 5.56 Å². The Kier molecular flexibility index (Phi) is 6.11. The van der Waals surface area contributed by atoms with Gasteiger partial charge in [0.05, 0.1) is 25.6 Å². The van der Waals surface area contributed by atoms with Gasteiger partial charge in [0.25, 0.3) is 0 Å². The van der Waals surface area contributed by atoms with E-state index in [1.807, 2.05) is 42.2 Å². The van der Waals surface area contributed by atoms with Gasteiger partial charge in [-0.2, -0.15) is 0 Å². The lowest BCUT2D eigenvalue weighted by Gasteiger charge is -2.28. The normalized spacial score (nSPS) is 12.2. The molecule has 0 saturated heterocycles. The minimum atomic E-state index is -0.310. The molecule has 1 atom stereocenters. The number of nitrogens with one attached hydrogen (secondary N) is 1. The summed E-state index contributed by atoms with van der Waals surface area (Å²) >= 11 is 0. The molecule has 0 radical (unpaired) electrons. The highest BCUT2D eigenvalue weighted by Crippen LogP contribution is 2.27. The number of Topliss-reactive ketones (excluding diaryl/α,β-unsaturated/α-hetero) is 1. The number of esters is 1. The second kappa shape index (κ2) is 8.71. The molecule has 28 heavy (non-hydrogen) atoms. The third-order valence-electron chi connectivity index (χ3n) is 4.89. The van der Waals surface area contributed by atoms with E-state index in [2.05, 4.69) is 4.98 Å². The highest BCUT2D eigenvalue weighted by Gasteiger charge is 2.22. The van der Waals surface area contributed by atoms with Gasteiger partial charge < -0.3 is 14.8 Å². The summed E-state index contributed by atoms with van der Waals surface area (Å²) in [4.78, 5) is 29.7. The van der Waals surface area contributed by atoms with Crippen LogP contribution in [0.25, 0.3) is 10.9 Å². The minimum absolute atomic E-state index is 0.0720. The van der Waals surface area contributed by atoms with Crippen molar-refractivity contribution in [3.63, 3.8) is 0 Å². The second-order valence-electron chi connectivity index (χ2n) is 6.84. The molecule has 0 bridgehead atoms. The average Bonchev–Trinajstić information content (AvgIpc) is 3.19. The van der Waals surface area contributed by atoms with E-state index in [9.17, 15) is 14.7 Å². The van der Waals surface area contributed by atoms with Crippen LogP contribution >= 0.6 is 0 Å². The van der Waals surface area contributed by atoms with Crippen LogP contribution in [0.2, 0.25) is 0 Å². The Labute approximate surface area is 163 Å². The van der Waals surface area contributed by atoms with Crippen molar-refractivity contribution in [2.45, 2.75) is 25.9 Å². The topological polar surface area (TPSA) is 82.6 Å². The maximum atomic E-state index is 13.1. The Morgan fingerprint density at radius 3 is 2.61 bits per heavy atom. The van der Waals surface area contributed by atoms with Crippen molar-refractivity contribution in [2.75, 3.05) is 13.7 Å². The zero-order chi connectivity index (χ0) is 20.1. The number of rotatable bonds is 8. The van der Waals surface area contributed by atoms with Crippen molar-refractivity contribution >= 4 is 22.7 Å². The lowest BCUT2D eigenvalue weighted by molar-refractivity contribution is -0.141. The lowest BCUT2D eigenvalue weighted by Crippen LogP contribution is -2.38. The van der Waals surface area contributed by atoms with Crippen molar-refractivity contribution in [3.05, 3.63) is 65.9 Å². The number of carbonyl (C=O) groups is 2. The number of aromatic nitrogens is 1. The van der Waals surface area contributed by atoms with Gasteiger partial charge >= 0.3 is 5.97 Å². The van der Waals surface area contributed by atoms with Crippen LogP contribution in [0.4, 0.5) is 0 Å². The van der Waals surface area contributed by atoms with Crippen LogP contribution in [-0.4, -0.2) is 46.4 Å². The van der Waals surface area contributed by atoms with E-state index in [1.165, 1.54) is 13.2 Å². The molecule has 1 unspecified atom stereocenters. The number of H-pyrrole nitrogens is 1. The minimum Gasteiger partial charge on any atom is -0.506 e. The Morgan fingerprint density at radius 2 is 1.89 bits per heavy atom. The second-order valence-corrected chi connectivity index (χ2v) is 6.84. The number of aromatic amines is 1. The molecule has 1 heterocycles. The summed E-state index contributed by atoms with van der Waals surface area (Å²) < 4.78 is 4.79. The number of phenolic OH excluding ortho intramolecular Hbond substituents is 1. The maximum Gasteiger partial charge on any atom is 0.307 e. The maximum absolute atomic E-state index is 13.1. The number of fused-ring (bicyclic) bond motifs is 1. The van der Waals surface area contributed by atoms with Gasteiger partial charge in [0, 0.05) is 29.7 Å². The van der Waals surface area contributed by atoms with Gasteiger partial charge in [-0.15, -0.1) is 0 Å². The van der Waals surface area contributed by atoms with Crippen molar-refractivity contribution < 1.29 is 19.4 Å². The fourth-order valence-electron chi connectivity index (χ4n) is 3.29. The molecule has 0 spiro atoms. The van der Waals surface area contributed by atoms with Crippen LogP contribution in [0.15, 0.2) is 54.7 Å². The summed E-state index contributed by atoms with van der Waals surface area (Å²) in [5.74, 6) is -0.273. The number of hydrogen-bond donors (Lipinski definition) is 2. The van der Waals surface area contributed by atoms with Gasteiger partial charge in [-0.3, -0.25) is 14.5 Å². The van der Waals surface area contributed by atoms with E-state index in [4.69, 9.17) is 4.74 Å². The van der Waals surface area contributed by atoms with Gasteiger partial charge in [-0.1, -0.05) is 30.3 Å². The van der Waals surface area contributed by atoms with Crippen LogP contribution in [0.1, 0.15) is 29.3 Å². The summed E-state index contributed by atoms with van der Waals surface area (Å²) in [6, 6.07) is 14.6. The highest BCUT2D eigenvalue weighted by atomic mass is 16.5. The predicted molar refractivity (Wildman–Crippen MR) is 107 cm³/mol. The zero-order valence-corrected chi connectivity index (χ0v) is 16.0. The Morgan fingerprint density at radius 1 is 1.14 bits per heavy atom. The molecule has 6 nitrogen and oxygen atoms in total. The van der Waals surface area contributed by atoms with Crippen molar-refractivity contribution in [1.29, 1.82) is 0 Å². The van der Waals surface area contributed by atoms with Gasteiger partial charge in [0.15, 0.2) is 5.78 Å². The number of benzene rings is 2. The molecule has 1 aromatic heterocycles. The van der Waals surface area contributed by atoms with Crippen LogP contribution in [0, 0.1) is 0 Å². The van der Waals surface area contributed by atoms with E-state index in [1.54, 1.807) is 18.3 Å². The van der Waals surface area contributed by atoms with E-state index >= 15 is 0 Å². The Bertz CT molecular complexity index is 965. The lowest BCUT2D eigenvalue weighted by atomic mass is 10.0. The molecule has 0 fully saturated rings. The fraction of sp³-hybridized carbons (Fsp3) is 0.273. The number of phenols is 1. The Balaban J connectivity index is 1.84. The van der Waals surface area contributed by atoms with Crippen LogP contribution in [0.3, 0.4) is 0 Å². The first-order valence-corrected chi connectivity index (χ1v) is 9.16. The Hall–Kier alpha value is -3.12. The molecule has 0 aliphatic carbocycles. The number of methoxy groups -OCH3 is 1. The van der Waals surface area contributed by atoms with Crippen LogP contribution in [-0.2, 0) is 16.1 Å². The van der Waals surface area contributed by atoms with Gasteiger partial charge in [0.1, 0.15) is 5.75 Å². The molecular weight excluding hydrogens is 356 g/mol. The summed E-state index contributed by atoms with van der Waals surface area (Å²) in [6.45, 7) is 2.60. The van der Waals surface area contributed by atoms with Crippen LogP contribution in [0.5, 0.6) is 5.75 Å². The number of carbonyl (C=O) groups excluding carboxylic acids is 2. The molecule has 0 saturated carbocycles. The molecule has 6 heteroatoms. The molecule has 146 valence electrons. The molecule has 3 rings (SSSR count). The van der Waals surface area contributed by atoms with Crippen LogP contribution < -0.4 is 0 Å². The number of nitrogens with zero attached hydrogens (tertiary/aromatic N) is 1. The quantitative estimate of drug-likeness (QED) is 0.462. The molecule has 0 amide bonds.